The smallest absolute Gasteiger partial charge is 0.417 e. The molecule has 58 heavy (non-hydrogen) atoms. The number of hydrogen-bond acceptors (Lipinski definition) is 11. The number of aliphatic hydroxyl groups excluding tert-OH is 1. The lowest BCUT2D eigenvalue weighted by atomic mass is 9.85. The number of ketones is 1. The average Bonchev–Trinajstić information content (AvgIpc) is 3.49. The van der Waals surface area contributed by atoms with E-state index in [9.17, 15) is 19.5 Å². The number of carbonyl (C=O) groups is 3. The van der Waals surface area contributed by atoms with Crippen LogP contribution in [0, 0.1) is 11.8 Å². The molecule has 3 aliphatic rings. The van der Waals surface area contributed by atoms with Crippen molar-refractivity contribution in [1.82, 2.24) is 4.90 Å². The molecule has 1 N–H and O–H groups in total. The highest BCUT2D eigenvalue weighted by molar-refractivity contribution is 6.02. The van der Waals surface area contributed by atoms with Crippen molar-refractivity contribution in [3.8, 4) is 0 Å². The quantitative estimate of drug-likeness (QED) is 0.153. The second-order valence-electron chi connectivity index (χ2n) is 15.7. The van der Waals surface area contributed by atoms with E-state index in [1.165, 1.54) is 18.1 Å². The molecule has 310 valence electrons. The van der Waals surface area contributed by atoms with E-state index in [-0.39, 0.29) is 44.5 Å². The van der Waals surface area contributed by atoms with Gasteiger partial charge in [0.1, 0.15) is 35.8 Å². The SMILES string of the molecule is CO[C@H]1O[C@H](CO)[C@@H](OCc2ccccc2)[C@H](OCc2ccccc2)[C@@H]1OCCC=C1C=CC(=O)[C@@H]([C@H](Cc2ccccc2)C(=O)N2C(=O)OC(C)(C)[C@H]2C(C)C)O1. The number of aliphatic hydroxyl groups is 1. The molecule has 2 saturated heterocycles. The number of hydrogen-bond donors (Lipinski definition) is 1. The average molecular weight is 798 g/mol. The van der Waals surface area contributed by atoms with Gasteiger partial charge < -0.3 is 38.3 Å². The first-order valence-corrected chi connectivity index (χ1v) is 19.9. The molecule has 0 aromatic heterocycles. The fourth-order valence-electron chi connectivity index (χ4n) is 8.08. The van der Waals surface area contributed by atoms with Crippen LogP contribution in [0.15, 0.2) is 115 Å². The van der Waals surface area contributed by atoms with Crippen LogP contribution in [0.25, 0.3) is 0 Å². The minimum atomic E-state index is -1.19. The first-order chi connectivity index (χ1) is 28.0. The highest BCUT2D eigenvalue weighted by Gasteiger charge is 2.54. The predicted molar refractivity (Wildman–Crippen MR) is 214 cm³/mol. The third kappa shape index (κ3) is 10.3. The van der Waals surface area contributed by atoms with Crippen molar-refractivity contribution < 1.29 is 52.6 Å². The van der Waals surface area contributed by atoms with Gasteiger partial charge in [-0.1, -0.05) is 105 Å². The number of amides is 2. The molecule has 3 aromatic rings. The summed E-state index contributed by atoms with van der Waals surface area (Å²) in [6.07, 6.45) is -0.413. The molecular formula is C46H55NO11. The summed E-state index contributed by atoms with van der Waals surface area (Å²) >= 11 is 0. The maximum atomic E-state index is 14.5. The fraction of sp³-hybridized carbons (Fsp3) is 0.457. The first-order valence-electron chi connectivity index (χ1n) is 19.9. The van der Waals surface area contributed by atoms with Crippen molar-refractivity contribution in [2.75, 3.05) is 20.3 Å². The Morgan fingerprint density at radius 2 is 1.41 bits per heavy atom. The number of methoxy groups -OCH3 is 1. The Hall–Kier alpha value is -4.69. The van der Waals surface area contributed by atoms with E-state index >= 15 is 0 Å². The summed E-state index contributed by atoms with van der Waals surface area (Å²) in [5.41, 5.74) is 1.81. The summed E-state index contributed by atoms with van der Waals surface area (Å²) in [5.74, 6) is -1.63. The van der Waals surface area contributed by atoms with Gasteiger partial charge in [0.2, 0.25) is 5.91 Å². The molecule has 8 atom stereocenters. The molecule has 12 nitrogen and oxygen atoms in total. The van der Waals surface area contributed by atoms with E-state index in [1.807, 2.05) is 105 Å². The lowest BCUT2D eigenvalue weighted by Gasteiger charge is -2.45. The van der Waals surface area contributed by atoms with Crippen LogP contribution >= 0.6 is 0 Å². The number of benzene rings is 3. The van der Waals surface area contributed by atoms with Crippen LogP contribution in [0.4, 0.5) is 4.79 Å². The van der Waals surface area contributed by atoms with Crippen LogP contribution in [-0.2, 0) is 62.4 Å². The number of nitrogens with zero attached hydrogens (tertiary/aromatic N) is 1. The van der Waals surface area contributed by atoms with Gasteiger partial charge in [-0.05, 0) is 67.5 Å². The van der Waals surface area contributed by atoms with Gasteiger partial charge in [-0.3, -0.25) is 9.59 Å². The molecule has 2 amide bonds. The molecule has 6 rings (SSSR count). The second kappa shape index (κ2) is 19.8. The highest BCUT2D eigenvalue weighted by atomic mass is 16.7. The zero-order valence-electron chi connectivity index (χ0n) is 33.8. The standard InChI is InChI=1S/C46H55NO11/c1-30(2)42-46(3,4)58-45(51)47(42)43(50)35(26-31-16-9-6-10-17-31)38-36(49)24-23-34(56-38)22-15-25-53-41-40(55-29-33-20-13-8-14-21-33)39(37(27-48)57-44(41)52-5)54-28-32-18-11-7-12-19-32/h6-14,16-24,30,35,37-42,44,48H,15,25-29H2,1-5H3/t35-,37+,38+,39+,40-,41-,42+,44-/m0/s1. The molecule has 0 bridgehead atoms. The van der Waals surface area contributed by atoms with Crippen molar-refractivity contribution in [3.63, 3.8) is 0 Å². The van der Waals surface area contributed by atoms with Crippen molar-refractivity contribution in [2.24, 2.45) is 11.8 Å². The summed E-state index contributed by atoms with van der Waals surface area (Å²) < 4.78 is 43.3. The van der Waals surface area contributed by atoms with Crippen LogP contribution in [0.2, 0.25) is 0 Å². The largest absolute Gasteiger partial charge is 0.482 e. The van der Waals surface area contributed by atoms with Gasteiger partial charge in [-0.15, -0.1) is 0 Å². The molecule has 12 heteroatoms. The molecule has 0 aliphatic carbocycles. The number of carbonyl (C=O) groups excluding carboxylic acids is 3. The van der Waals surface area contributed by atoms with Gasteiger partial charge >= 0.3 is 6.09 Å². The van der Waals surface area contributed by atoms with E-state index in [0.717, 1.165) is 16.7 Å². The molecule has 3 aromatic carbocycles. The highest BCUT2D eigenvalue weighted by Crippen LogP contribution is 2.37. The van der Waals surface area contributed by atoms with Gasteiger partial charge in [0, 0.05) is 7.11 Å². The van der Waals surface area contributed by atoms with Crippen LogP contribution in [0.3, 0.4) is 0 Å². The molecule has 0 unspecified atom stereocenters. The number of imide groups is 1. The molecule has 2 fully saturated rings. The Labute approximate surface area is 340 Å². The predicted octanol–water partition coefficient (Wildman–Crippen LogP) is 6.35. The molecule has 0 spiro atoms. The number of allylic oxidation sites excluding steroid dienone is 1. The Kier molecular flexibility index (Phi) is 14.7. The van der Waals surface area contributed by atoms with Gasteiger partial charge in [0.15, 0.2) is 18.2 Å². The first kappa shape index (κ1) is 42.9. The minimum absolute atomic E-state index is 0.100. The Bertz CT molecular complexity index is 1870. The maximum absolute atomic E-state index is 14.5. The van der Waals surface area contributed by atoms with E-state index in [0.29, 0.717) is 12.2 Å². The lowest BCUT2D eigenvalue weighted by Crippen LogP contribution is -2.61. The normalized spacial score (nSPS) is 26.8. The third-order valence-corrected chi connectivity index (χ3v) is 10.7. The Balaban J connectivity index is 1.19. The van der Waals surface area contributed by atoms with Gasteiger partial charge in [-0.25, -0.2) is 9.69 Å². The summed E-state index contributed by atoms with van der Waals surface area (Å²) in [7, 11) is 1.51. The molecule has 3 aliphatic heterocycles. The number of ether oxygens (including phenoxy) is 7. The van der Waals surface area contributed by atoms with E-state index < -0.39 is 66.4 Å². The van der Waals surface area contributed by atoms with Gasteiger partial charge in [0.05, 0.1) is 38.4 Å². The number of rotatable bonds is 17. The lowest BCUT2D eigenvalue weighted by molar-refractivity contribution is -0.319. The van der Waals surface area contributed by atoms with E-state index in [4.69, 9.17) is 33.2 Å². The van der Waals surface area contributed by atoms with E-state index in [2.05, 4.69) is 0 Å². The summed E-state index contributed by atoms with van der Waals surface area (Å²) in [4.78, 5) is 42.4. The summed E-state index contributed by atoms with van der Waals surface area (Å²) in [6.45, 7) is 7.82. The van der Waals surface area contributed by atoms with Crippen LogP contribution in [-0.4, -0.2) is 96.6 Å². The van der Waals surface area contributed by atoms with Crippen molar-refractivity contribution in [3.05, 3.63) is 132 Å². The fourth-order valence-corrected chi connectivity index (χ4v) is 8.08. The maximum Gasteiger partial charge on any atom is 0.417 e. The molecule has 0 radical (unpaired) electrons. The monoisotopic (exact) mass is 797 g/mol. The van der Waals surface area contributed by atoms with Crippen molar-refractivity contribution >= 4 is 17.8 Å². The van der Waals surface area contributed by atoms with Gasteiger partial charge in [-0.2, -0.15) is 0 Å². The van der Waals surface area contributed by atoms with Crippen LogP contribution in [0.1, 0.15) is 50.8 Å². The minimum Gasteiger partial charge on any atom is -0.482 e. The van der Waals surface area contributed by atoms with Crippen LogP contribution in [0.5, 0.6) is 0 Å². The molecule has 0 saturated carbocycles. The topological polar surface area (TPSA) is 139 Å². The summed E-state index contributed by atoms with van der Waals surface area (Å²) in [5, 5.41) is 10.4. The third-order valence-electron chi connectivity index (χ3n) is 10.7. The second-order valence-corrected chi connectivity index (χ2v) is 15.7. The van der Waals surface area contributed by atoms with E-state index in [1.54, 1.807) is 26.0 Å². The van der Waals surface area contributed by atoms with Gasteiger partial charge in [0.25, 0.3) is 0 Å². The van der Waals surface area contributed by atoms with Crippen LogP contribution < -0.4 is 0 Å². The number of cyclic esters (lactones) is 1. The van der Waals surface area contributed by atoms with Crippen molar-refractivity contribution in [1.29, 1.82) is 0 Å². The zero-order chi connectivity index (χ0) is 41.2. The Morgan fingerprint density at radius 1 is 0.828 bits per heavy atom. The Morgan fingerprint density at radius 3 is 1.98 bits per heavy atom. The molecular weight excluding hydrogens is 743 g/mol. The van der Waals surface area contributed by atoms with Crippen molar-refractivity contribution in [2.45, 2.75) is 102 Å². The zero-order valence-corrected chi connectivity index (χ0v) is 33.8. The molecule has 3 heterocycles. The summed E-state index contributed by atoms with van der Waals surface area (Å²) in [6, 6.07) is 28.3.